The first-order chi connectivity index (χ1) is 3.93. The summed E-state index contributed by atoms with van der Waals surface area (Å²) in [6.45, 7) is 0. The van der Waals surface area contributed by atoms with Gasteiger partial charge in [0, 0.05) is 0 Å². The number of hydrogen-bond acceptors (Lipinski definition) is 1. The molecule has 0 aliphatic heterocycles. The molecule has 1 rings (SSSR count). The first-order valence-corrected chi connectivity index (χ1v) is 3.91. The second-order valence-electron chi connectivity index (χ2n) is 1.59. The van der Waals surface area contributed by atoms with Gasteiger partial charge in [-0.05, 0) is 0 Å². The summed E-state index contributed by atoms with van der Waals surface area (Å²) in [5.74, 6) is 0. The van der Waals surface area contributed by atoms with Crippen molar-refractivity contribution < 1.29 is 16.1 Å². The van der Waals surface area contributed by atoms with Crippen molar-refractivity contribution in [3.63, 3.8) is 0 Å². The van der Waals surface area contributed by atoms with Gasteiger partial charge < -0.3 is 0 Å². The van der Waals surface area contributed by atoms with Gasteiger partial charge in [0.15, 0.2) is 0 Å². The van der Waals surface area contributed by atoms with Crippen molar-refractivity contribution in [1.29, 1.82) is 0 Å². The molecule has 0 atom stereocenters. The van der Waals surface area contributed by atoms with Crippen LogP contribution in [0.1, 0.15) is 6.42 Å². The minimum Gasteiger partial charge on any atom is -0.147 e. The minimum absolute atomic E-state index is 0. The second-order valence-corrected chi connectivity index (χ2v) is 3.42. The van der Waals surface area contributed by atoms with E-state index in [2.05, 4.69) is 22.0 Å². The molecular weight excluding hydrogens is 208 g/mol. The van der Waals surface area contributed by atoms with Crippen LogP contribution in [-0.4, -0.2) is 7.05 Å². The summed E-state index contributed by atoms with van der Waals surface area (Å²) < 4.78 is 5.62. The van der Waals surface area contributed by atoms with E-state index in [1.165, 1.54) is 4.28 Å². The van der Waals surface area contributed by atoms with Crippen molar-refractivity contribution in [3.05, 3.63) is 22.5 Å². The molecule has 0 saturated heterocycles. The predicted molar refractivity (Wildman–Crippen MR) is 44.7 cm³/mol. The van der Waals surface area contributed by atoms with E-state index in [9.17, 15) is 0 Å². The molecule has 10 heavy (non-hydrogen) atoms. The van der Waals surface area contributed by atoms with Crippen LogP contribution in [0.4, 0.5) is 0 Å². The third-order valence-corrected chi connectivity index (χ3v) is 2.21. The first-order valence-electron chi connectivity index (χ1n) is 2.59. The zero-order valence-corrected chi connectivity index (χ0v) is 8.68. The SMILES string of the molecule is C[N]=[V][C]1=CC=CC1.Cl.Cl. The Hall–Kier alpha value is 0.444. The van der Waals surface area contributed by atoms with Gasteiger partial charge in [0.25, 0.3) is 0 Å². The summed E-state index contributed by atoms with van der Waals surface area (Å²) in [7, 11) is 1.89. The molecule has 1 nitrogen and oxygen atoms in total. The fraction of sp³-hybridized carbons (Fsp3) is 0.333. The Morgan fingerprint density at radius 3 is 2.60 bits per heavy atom. The quantitative estimate of drug-likeness (QED) is 0.641. The Labute approximate surface area is 80.7 Å². The van der Waals surface area contributed by atoms with Crippen LogP contribution in [0, 0.1) is 0 Å². The van der Waals surface area contributed by atoms with Gasteiger partial charge in [0.05, 0.1) is 0 Å². The molecular formula is C6H10Cl2NV. The summed E-state index contributed by atoms with van der Waals surface area (Å²) in [6, 6.07) is 0. The number of allylic oxidation sites excluding steroid dienone is 4. The van der Waals surface area contributed by atoms with Crippen LogP contribution in [0.5, 0.6) is 0 Å². The molecule has 0 heterocycles. The predicted octanol–water partition coefficient (Wildman–Crippen LogP) is 2.57. The minimum atomic E-state index is 0. The van der Waals surface area contributed by atoms with E-state index in [0.29, 0.717) is 0 Å². The van der Waals surface area contributed by atoms with Gasteiger partial charge in [-0.2, -0.15) is 0 Å². The monoisotopic (exact) mass is 217 g/mol. The molecule has 4 heteroatoms. The molecule has 0 bridgehead atoms. The van der Waals surface area contributed by atoms with Crippen LogP contribution in [0.3, 0.4) is 0 Å². The molecule has 0 N–H and O–H groups in total. The van der Waals surface area contributed by atoms with Crippen molar-refractivity contribution in [1.82, 2.24) is 0 Å². The van der Waals surface area contributed by atoms with E-state index in [-0.39, 0.29) is 40.9 Å². The molecule has 0 fully saturated rings. The molecule has 0 amide bonds. The summed E-state index contributed by atoms with van der Waals surface area (Å²) in [6.07, 6.45) is 7.61. The molecule has 0 radical (unpaired) electrons. The fourth-order valence-electron chi connectivity index (χ4n) is 0.639. The topological polar surface area (TPSA) is 12.4 Å². The summed E-state index contributed by atoms with van der Waals surface area (Å²) >= 11 is 0.175. The molecule has 0 aromatic carbocycles. The third-order valence-electron chi connectivity index (χ3n) is 0.980. The maximum Gasteiger partial charge on any atom is -0.147 e. The Morgan fingerprint density at radius 2 is 2.20 bits per heavy atom. The van der Waals surface area contributed by atoms with Gasteiger partial charge >= 0.3 is 55.9 Å². The van der Waals surface area contributed by atoms with Gasteiger partial charge in [-0.1, -0.05) is 0 Å². The fourth-order valence-corrected chi connectivity index (χ4v) is 1.57. The Balaban J connectivity index is 0. The van der Waals surface area contributed by atoms with Crippen molar-refractivity contribution in [2.45, 2.75) is 6.42 Å². The largest absolute Gasteiger partial charge is 0.147 e. The maximum atomic E-state index is 4.10. The van der Waals surface area contributed by atoms with E-state index in [1.807, 2.05) is 7.05 Å². The zero-order valence-electron chi connectivity index (χ0n) is 5.65. The zero-order chi connectivity index (χ0) is 5.82. The van der Waals surface area contributed by atoms with Crippen LogP contribution in [0.2, 0.25) is 0 Å². The number of halogens is 2. The smallest absolute Gasteiger partial charge is 0.147 e. The van der Waals surface area contributed by atoms with E-state index < -0.39 is 0 Å². The van der Waals surface area contributed by atoms with Crippen molar-refractivity contribution in [2.24, 2.45) is 3.79 Å². The van der Waals surface area contributed by atoms with Crippen LogP contribution < -0.4 is 0 Å². The Kier molecular flexibility index (Phi) is 9.86. The average molecular weight is 218 g/mol. The van der Waals surface area contributed by atoms with E-state index in [1.54, 1.807) is 0 Å². The third kappa shape index (κ3) is 4.29. The molecule has 0 saturated carbocycles. The Morgan fingerprint density at radius 1 is 1.50 bits per heavy atom. The van der Waals surface area contributed by atoms with Crippen molar-refractivity contribution >= 4 is 24.8 Å². The summed E-state index contributed by atoms with van der Waals surface area (Å²) in [4.78, 5) is 0. The van der Waals surface area contributed by atoms with E-state index in [4.69, 9.17) is 0 Å². The van der Waals surface area contributed by atoms with Gasteiger partial charge in [-0.15, -0.1) is 24.8 Å². The van der Waals surface area contributed by atoms with Crippen molar-refractivity contribution in [2.75, 3.05) is 7.05 Å². The van der Waals surface area contributed by atoms with Crippen LogP contribution >= 0.6 is 24.8 Å². The van der Waals surface area contributed by atoms with Crippen LogP contribution in [0.15, 0.2) is 26.3 Å². The van der Waals surface area contributed by atoms with Gasteiger partial charge in [-0.3, -0.25) is 0 Å². The molecule has 0 aromatic rings. The molecule has 0 aromatic heterocycles. The van der Waals surface area contributed by atoms with E-state index in [0.717, 1.165) is 6.42 Å². The standard InChI is InChI=1S/C5H5.CH3N.2ClH.V/c1-2-4-5-3-1;1-2;;;/h1-3H,4H2;1H3;2*1H;. The molecule has 0 spiro atoms. The van der Waals surface area contributed by atoms with Gasteiger partial charge in [0.2, 0.25) is 0 Å². The normalized spacial score (nSPS) is 14.3. The second kappa shape index (κ2) is 7.55. The molecule has 58 valence electrons. The number of rotatable bonds is 1. The van der Waals surface area contributed by atoms with Crippen molar-refractivity contribution in [3.8, 4) is 0 Å². The average Bonchev–Trinajstić information content (AvgIpc) is 2.19. The maximum absolute atomic E-state index is 4.10. The molecule has 1 aliphatic rings. The summed E-state index contributed by atoms with van der Waals surface area (Å²) in [5, 5.41) is 0. The van der Waals surface area contributed by atoms with E-state index >= 15 is 0 Å². The first kappa shape index (κ1) is 13.1. The molecule has 0 unspecified atom stereocenters. The Bertz CT molecular complexity index is 163. The van der Waals surface area contributed by atoms with Crippen LogP contribution in [-0.2, 0) is 16.1 Å². The summed E-state index contributed by atoms with van der Waals surface area (Å²) in [5.41, 5.74) is 0. The molecule has 1 aliphatic carbocycles. The number of hydrogen-bond donors (Lipinski definition) is 0. The van der Waals surface area contributed by atoms with Gasteiger partial charge in [-0.25, -0.2) is 0 Å². The number of nitrogens with zero attached hydrogens (tertiary/aromatic N) is 1. The van der Waals surface area contributed by atoms with Crippen LogP contribution in [0.25, 0.3) is 0 Å². The van der Waals surface area contributed by atoms with Gasteiger partial charge in [0.1, 0.15) is 0 Å².